The second kappa shape index (κ2) is 5.37. The molecule has 114 valence electrons. The van der Waals surface area contributed by atoms with Crippen molar-refractivity contribution in [1.29, 1.82) is 0 Å². The number of hydrogen-bond acceptors (Lipinski definition) is 6. The lowest BCUT2D eigenvalue weighted by Crippen LogP contribution is -2.35. The van der Waals surface area contributed by atoms with E-state index in [9.17, 15) is 8.42 Å². The van der Waals surface area contributed by atoms with E-state index in [1.807, 2.05) is 11.9 Å². The monoisotopic (exact) mass is 301 g/mol. The molecule has 1 fully saturated rings. The van der Waals surface area contributed by atoms with Crippen molar-refractivity contribution in [2.45, 2.75) is 45.3 Å². The van der Waals surface area contributed by atoms with E-state index >= 15 is 0 Å². The fourth-order valence-electron chi connectivity index (χ4n) is 2.13. The van der Waals surface area contributed by atoms with Gasteiger partial charge in [0.2, 0.25) is 0 Å². The van der Waals surface area contributed by atoms with Gasteiger partial charge in [-0.25, -0.2) is 8.42 Å². The van der Waals surface area contributed by atoms with Crippen LogP contribution < -0.4 is 10.2 Å². The summed E-state index contributed by atoms with van der Waals surface area (Å²) < 4.78 is 28.5. The standard InChI is InChI=1S/C13H23N3O3S/c1-13(2,3)14-7-10-8-19-12(15-10)16(4)11-5-6-20(17,18)9-11/h8,11,14H,5-7,9H2,1-4H3. The molecule has 1 aromatic rings. The van der Waals surface area contributed by atoms with E-state index in [1.54, 1.807) is 6.26 Å². The second-order valence-electron chi connectivity index (χ2n) is 6.39. The van der Waals surface area contributed by atoms with Crippen LogP contribution in [0.5, 0.6) is 0 Å². The molecular weight excluding hydrogens is 278 g/mol. The fraction of sp³-hybridized carbons (Fsp3) is 0.769. The lowest BCUT2D eigenvalue weighted by atomic mass is 10.1. The summed E-state index contributed by atoms with van der Waals surface area (Å²) in [6.45, 7) is 6.89. The molecule has 20 heavy (non-hydrogen) atoms. The summed E-state index contributed by atoms with van der Waals surface area (Å²) in [7, 11) is -1.06. The topological polar surface area (TPSA) is 75.4 Å². The van der Waals surface area contributed by atoms with Crippen LogP contribution >= 0.6 is 0 Å². The summed E-state index contributed by atoms with van der Waals surface area (Å²) >= 11 is 0. The van der Waals surface area contributed by atoms with Crippen molar-refractivity contribution in [2.75, 3.05) is 23.5 Å². The molecule has 0 aliphatic carbocycles. The van der Waals surface area contributed by atoms with Crippen molar-refractivity contribution in [3.05, 3.63) is 12.0 Å². The summed E-state index contributed by atoms with van der Waals surface area (Å²) in [6, 6.07) is 0.444. The van der Waals surface area contributed by atoms with Gasteiger partial charge in [0, 0.05) is 25.2 Å². The van der Waals surface area contributed by atoms with Crippen molar-refractivity contribution < 1.29 is 12.8 Å². The number of sulfone groups is 1. The molecule has 0 bridgehead atoms. The summed E-state index contributed by atoms with van der Waals surface area (Å²) in [4.78, 5) is 6.23. The Balaban J connectivity index is 1.98. The third-order valence-electron chi connectivity index (χ3n) is 3.40. The van der Waals surface area contributed by atoms with Gasteiger partial charge in [0.1, 0.15) is 6.26 Å². The Morgan fingerprint density at radius 1 is 1.50 bits per heavy atom. The van der Waals surface area contributed by atoms with Crippen LogP contribution in [0.15, 0.2) is 10.7 Å². The highest BCUT2D eigenvalue weighted by Gasteiger charge is 2.32. The van der Waals surface area contributed by atoms with Crippen molar-refractivity contribution in [1.82, 2.24) is 10.3 Å². The van der Waals surface area contributed by atoms with E-state index in [1.165, 1.54) is 0 Å². The summed E-state index contributed by atoms with van der Waals surface area (Å²) in [5.74, 6) is 0.433. The number of nitrogens with zero attached hydrogens (tertiary/aromatic N) is 2. The Morgan fingerprint density at radius 2 is 2.20 bits per heavy atom. The molecule has 1 aliphatic rings. The molecule has 0 radical (unpaired) electrons. The van der Waals surface area contributed by atoms with Crippen LogP contribution in [0.1, 0.15) is 32.9 Å². The maximum Gasteiger partial charge on any atom is 0.297 e. The first-order chi connectivity index (χ1) is 9.16. The van der Waals surface area contributed by atoms with Gasteiger partial charge in [-0.3, -0.25) is 0 Å². The van der Waals surface area contributed by atoms with Crippen LogP contribution in [0.4, 0.5) is 6.01 Å². The highest BCUT2D eigenvalue weighted by atomic mass is 32.2. The molecule has 0 saturated carbocycles. The average molecular weight is 301 g/mol. The van der Waals surface area contributed by atoms with Gasteiger partial charge in [0.05, 0.1) is 17.2 Å². The molecule has 7 heteroatoms. The Bertz CT molecular complexity index is 560. The summed E-state index contributed by atoms with van der Waals surface area (Å²) in [5.41, 5.74) is 0.840. The second-order valence-corrected chi connectivity index (χ2v) is 8.62. The molecule has 1 aliphatic heterocycles. The van der Waals surface area contributed by atoms with Crippen molar-refractivity contribution in [2.24, 2.45) is 0 Å². The van der Waals surface area contributed by atoms with Gasteiger partial charge < -0.3 is 14.6 Å². The first kappa shape index (κ1) is 15.3. The third kappa shape index (κ3) is 3.96. The van der Waals surface area contributed by atoms with E-state index in [0.717, 1.165) is 5.69 Å². The molecule has 2 rings (SSSR count). The first-order valence-corrected chi connectivity index (χ1v) is 8.61. The van der Waals surface area contributed by atoms with Crippen LogP contribution in [0, 0.1) is 0 Å². The van der Waals surface area contributed by atoms with Crippen molar-refractivity contribution in [3.63, 3.8) is 0 Å². The molecule has 2 heterocycles. The molecule has 0 spiro atoms. The van der Waals surface area contributed by atoms with Gasteiger partial charge in [-0.15, -0.1) is 0 Å². The van der Waals surface area contributed by atoms with Gasteiger partial charge in [-0.1, -0.05) is 0 Å². The Labute approximate surface area is 120 Å². The molecule has 1 saturated heterocycles. The molecule has 6 nitrogen and oxygen atoms in total. The van der Waals surface area contributed by atoms with E-state index in [0.29, 0.717) is 19.0 Å². The van der Waals surface area contributed by atoms with Crippen LogP contribution in [0.2, 0.25) is 0 Å². The zero-order valence-electron chi connectivity index (χ0n) is 12.5. The quantitative estimate of drug-likeness (QED) is 0.900. The molecule has 1 aromatic heterocycles. The van der Waals surface area contributed by atoms with Gasteiger partial charge in [-0.2, -0.15) is 4.98 Å². The van der Waals surface area contributed by atoms with Crippen molar-refractivity contribution >= 4 is 15.9 Å². The SMILES string of the molecule is CN(c1nc(CNC(C)(C)C)co1)C1CCS(=O)(=O)C1. The van der Waals surface area contributed by atoms with Gasteiger partial charge >= 0.3 is 0 Å². The highest BCUT2D eigenvalue weighted by Crippen LogP contribution is 2.22. The first-order valence-electron chi connectivity index (χ1n) is 6.79. The number of oxazole rings is 1. The number of nitrogens with one attached hydrogen (secondary N) is 1. The third-order valence-corrected chi connectivity index (χ3v) is 5.15. The maximum absolute atomic E-state index is 11.5. The van der Waals surface area contributed by atoms with Crippen LogP contribution in [0.3, 0.4) is 0 Å². The van der Waals surface area contributed by atoms with Crippen LogP contribution in [-0.2, 0) is 16.4 Å². The van der Waals surface area contributed by atoms with Gasteiger partial charge in [-0.05, 0) is 27.2 Å². The minimum absolute atomic E-state index is 0.0184. The Morgan fingerprint density at radius 3 is 2.75 bits per heavy atom. The number of rotatable bonds is 4. The molecule has 0 aromatic carbocycles. The smallest absolute Gasteiger partial charge is 0.297 e. The van der Waals surface area contributed by atoms with Crippen LogP contribution in [-0.4, -0.2) is 43.5 Å². The summed E-state index contributed by atoms with van der Waals surface area (Å²) in [6.07, 6.45) is 2.25. The minimum Gasteiger partial charge on any atom is -0.432 e. The van der Waals surface area contributed by atoms with Crippen LogP contribution in [0.25, 0.3) is 0 Å². The molecule has 1 atom stereocenters. The molecule has 1 unspecified atom stereocenters. The fourth-order valence-corrected chi connectivity index (χ4v) is 3.91. The van der Waals surface area contributed by atoms with E-state index in [2.05, 4.69) is 31.1 Å². The molecule has 0 amide bonds. The molecular formula is C13H23N3O3S. The predicted octanol–water partition coefficient (Wildman–Crippen LogP) is 1.19. The van der Waals surface area contributed by atoms with E-state index in [-0.39, 0.29) is 23.1 Å². The van der Waals surface area contributed by atoms with E-state index in [4.69, 9.17) is 4.42 Å². The normalized spacial score (nSPS) is 22.1. The summed E-state index contributed by atoms with van der Waals surface area (Å²) in [5, 5.41) is 3.34. The average Bonchev–Trinajstić information content (AvgIpc) is 2.91. The lowest BCUT2D eigenvalue weighted by molar-refractivity contribution is 0.421. The Kier molecular flexibility index (Phi) is 4.11. The zero-order valence-corrected chi connectivity index (χ0v) is 13.3. The van der Waals surface area contributed by atoms with Crippen molar-refractivity contribution in [3.8, 4) is 0 Å². The largest absolute Gasteiger partial charge is 0.432 e. The number of aromatic nitrogens is 1. The molecule has 1 N–H and O–H groups in total. The van der Waals surface area contributed by atoms with Gasteiger partial charge in [0.15, 0.2) is 9.84 Å². The van der Waals surface area contributed by atoms with E-state index < -0.39 is 9.84 Å². The minimum atomic E-state index is -2.89. The maximum atomic E-state index is 11.5. The predicted molar refractivity (Wildman–Crippen MR) is 78.6 cm³/mol. The lowest BCUT2D eigenvalue weighted by Gasteiger charge is -2.21. The Hall–Kier alpha value is -1.08. The van der Waals surface area contributed by atoms with Gasteiger partial charge in [0.25, 0.3) is 6.01 Å². The zero-order chi connectivity index (χ0) is 15.0. The number of hydrogen-bond donors (Lipinski definition) is 1. The highest BCUT2D eigenvalue weighted by molar-refractivity contribution is 7.91. The number of anilines is 1.